The van der Waals surface area contributed by atoms with Crippen molar-refractivity contribution in [3.8, 4) is 11.5 Å². The third-order valence-corrected chi connectivity index (χ3v) is 3.95. The summed E-state index contributed by atoms with van der Waals surface area (Å²) in [6, 6.07) is 5.92. The second-order valence-electron chi connectivity index (χ2n) is 5.03. The second-order valence-corrected chi connectivity index (χ2v) is 5.03. The molecular weight excluding hydrogens is 262 g/mol. The van der Waals surface area contributed by atoms with Gasteiger partial charge in [0.15, 0.2) is 0 Å². The van der Waals surface area contributed by atoms with Crippen molar-refractivity contribution in [1.82, 2.24) is 0 Å². The van der Waals surface area contributed by atoms with Gasteiger partial charge >= 0.3 is 0 Å². The van der Waals surface area contributed by atoms with Gasteiger partial charge < -0.3 is 15.2 Å². The third kappa shape index (κ3) is 3.77. The summed E-state index contributed by atoms with van der Waals surface area (Å²) in [5, 5.41) is 0. The van der Waals surface area contributed by atoms with E-state index in [1.54, 1.807) is 14.2 Å². The first-order valence-electron chi connectivity index (χ1n) is 6.73. The molecule has 2 rings (SSSR count). The SMILES string of the molecule is COc1ccc(OC)c([C@H](N)C2CCCCC2)c1.Cl. The molecule has 108 valence electrons. The number of hydrogen-bond acceptors (Lipinski definition) is 3. The zero-order valence-corrected chi connectivity index (χ0v) is 12.5. The van der Waals surface area contributed by atoms with Crippen molar-refractivity contribution >= 4 is 12.4 Å². The van der Waals surface area contributed by atoms with Crippen molar-refractivity contribution in [2.45, 2.75) is 38.1 Å². The number of benzene rings is 1. The van der Waals surface area contributed by atoms with Gasteiger partial charge in [0.1, 0.15) is 11.5 Å². The van der Waals surface area contributed by atoms with E-state index < -0.39 is 0 Å². The van der Waals surface area contributed by atoms with E-state index >= 15 is 0 Å². The molecule has 2 N–H and O–H groups in total. The quantitative estimate of drug-likeness (QED) is 0.917. The van der Waals surface area contributed by atoms with Gasteiger partial charge in [0.05, 0.1) is 14.2 Å². The minimum atomic E-state index is 0. The number of nitrogens with two attached hydrogens (primary N) is 1. The Morgan fingerprint density at radius 2 is 1.79 bits per heavy atom. The first-order valence-corrected chi connectivity index (χ1v) is 6.73. The van der Waals surface area contributed by atoms with E-state index in [0.717, 1.165) is 17.1 Å². The van der Waals surface area contributed by atoms with E-state index in [-0.39, 0.29) is 18.4 Å². The summed E-state index contributed by atoms with van der Waals surface area (Å²) in [6.45, 7) is 0. The third-order valence-electron chi connectivity index (χ3n) is 3.95. The molecular formula is C15H24ClNO2. The number of hydrogen-bond donors (Lipinski definition) is 1. The Labute approximate surface area is 121 Å². The van der Waals surface area contributed by atoms with Crippen LogP contribution in [0.5, 0.6) is 11.5 Å². The van der Waals surface area contributed by atoms with Crippen molar-refractivity contribution in [3.63, 3.8) is 0 Å². The monoisotopic (exact) mass is 285 g/mol. The van der Waals surface area contributed by atoms with Crippen LogP contribution in [-0.2, 0) is 0 Å². The maximum absolute atomic E-state index is 6.43. The lowest BCUT2D eigenvalue weighted by Gasteiger charge is -2.28. The van der Waals surface area contributed by atoms with Gasteiger partial charge in [-0.1, -0.05) is 19.3 Å². The molecule has 3 nitrogen and oxygen atoms in total. The van der Waals surface area contributed by atoms with Gasteiger partial charge in [-0.2, -0.15) is 0 Å². The van der Waals surface area contributed by atoms with Crippen LogP contribution < -0.4 is 15.2 Å². The predicted octanol–water partition coefficient (Wildman–Crippen LogP) is 3.71. The van der Waals surface area contributed by atoms with Crippen LogP contribution in [0.4, 0.5) is 0 Å². The fourth-order valence-electron chi connectivity index (χ4n) is 2.85. The highest BCUT2D eigenvalue weighted by Crippen LogP contribution is 2.37. The van der Waals surface area contributed by atoms with Gasteiger partial charge in [-0.3, -0.25) is 0 Å². The van der Waals surface area contributed by atoms with Crippen LogP contribution in [0.3, 0.4) is 0 Å². The lowest BCUT2D eigenvalue weighted by Crippen LogP contribution is -2.24. The van der Waals surface area contributed by atoms with E-state index in [2.05, 4.69) is 0 Å². The number of ether oxygens (including phenoxy) is 2. The van der Waals surface area contributed by atoms with E-state index in [4.69, 9.17) is 15.2 Å². The highest BCUT2D eigenvalue weighted by molar-refractivity contribution is 5.85. The molecule has 0 amide bonds. The second kappa shape index (κ2) is 7.61. The molecule has 0 heterocycles. The molecule has 1 saturated carbocycles. The average molecular weight is 286 g/mol. The minimum absolute atomic E-state index is 0. The summed E-state index contributed by atoms with van der Waals surface area (Å²) < 4.78 is 10.7. The standard InChI is InChI=1S/C15H23NO2.ClH/c1-17-12-8-9-14(18-2)13(10-12)15(16)11-6-4-3-5-7-11;/h8-11,15H,3-7,16H2,1-2H3;1H/t15-;/m1./s1. The van der Waals surface area contributed by atoms with E-state index in [1.807, 2.05) is 18.2 Å². The van der Waals surface area contributed by atoms with Crippen LogP contribution in [0, 0.1) is 5.92 Å². The molecule has 1 aromatic rings. The zero-order chi connectivity index (χ0) is 13.0. The molecule has 0 radical (unpaired) electrons. The largest absolute Gasteiger partial charge is 0.497 e. The van der Waals surface area contributed by atoms with Crippen molar-refractivity contribution in [3.05, 3.63) is 23.8 Å². The maximum atomic E-state index is 6.43. The summed E-state index contributed by atoms with van der Waals surface area (Å²) in [7, 11) is 3.37. The summed E-state index contributed by atoms with van der Waals surface area (Å²) in [6.07, 6.45) is 6.39. The van der Waals surface area contributed by atoms with Crippen molar-refractivity contribution < 1.29 is 9.47 Å². The van der Waals surface area contributed by atoms with Crippen LogP contribution in [0.2, 0.25) is 0 Å². The van der Waals surface area contributed by atoms with E-state index in [0.29, 0.717) is 5.92 Å². The topological polar surface area (TPSA) is 44.5 Å². The highest BCUT2D eigenvalue weighted by atomic mass is 35.5. The molecule has 1 atom stereocenters. The van der Waals surface area contributed by atoms with Gasteiger partial charge in [0.2, 0.25) is 0 Å². The van der Waals surface area contributed by atoms with E-state index in [1.165, 1.54) is 32.1 Å². The molecule has 0 aliphatic heterocycles. The molecule has 19 heavy (non-hydrogen) atoms. The minimum Gasteiger partial charge on any atom is -0.497 e. The molecule has 0 bridgehead atoms. The molecule has 4 heteroatoms. The highest BCUT2D eigenvalue weighted by Gasteiger charge is 2.24. The summed E-state index contributed by atoms with van der Waals surface area (Å²) in [5.41, 5.74) is 7.51. The molecule has 0 saturated heterocycles. The number of methoxy groups -OCH3 is 2. The molecule has 0 unspecified atom stereocenters. The molecule has 1 fully saturated rings. The fraction of sp³-hybridized carbons (Fsp3) is 0.600. The predicted molar refractivity (Wildman–Crippen MR) is 80.3 cm³/mol. The first kappa shape index (κ1) is 16.1. The normalized spacial score (nSPS) is 17.4. The van der Waals surface area contributed by atoms with Gasteiger partial charge in [-0.15, -0.1) is 12.4 Å². The zero-order valence-electron chi connectivity index (χ0n) is 11.7. The average Bonchev–Trinajstić information content (AvgIpc) is 2.46. The molecule has 1 aliphatic carbocycles. The van der Waals surface area contributed by atoms with Gasteiger partial charge in [0, 0.05) is 11.6 Å². The smallest absolute Gasteiger partial charge is 0.123 e. The van der Waals surface area contributed by atoms with Crippen LogP contribution in [0.1, 0.15) is 43.7 Å². The van der Waals surface area contributed by atoms with Crippen LogP contribution >= 0.6 is 12.4 Å². The molecule has 0 aromatic heterocycles. The van der Waals surface area contributed by atoms with E-state index in [9.17, 15) is 0 Å². The van der Waals surface area contributed by atoms with Crippen molar-refractivity contribution in [2.24, 2.45) is 11.7 Å². The Kier molecular flexibility index (Phi) is 6.46. The van der Waals surface area contributed by atoms with Crippen molar-refractivity contribution in [1.29, 1.82) is 0 Å². The molecule has 0 spiro atoms. The summed E-state index contributed by atoms with van der Waals surface area (Å²) in [5.74, 6) is 2.28. The van der Waals surface area contributed by atoms with Gasteiger partial charge in [0.25, 0.3) is 0 Å². The lowest BCUT2D eigenvalue weighted by atomic mass is 9.81. The molecule has 1 aromatic carbocycles. The Bertz CT molecular complexity index is 392. The first-order chi connectivity index (χ1) is 8.76. The summed E-state index contributed by atoms with van der Waals surface area (Å²) in [4.78, 5) is 0. The van der Waals surface area contributed by atoms with Crippen LogP contribution in [0.25, 0.3) is 0 Å². The van der Waals surface area contributed by atoms with Gasteiger partial charge in [-0.05, 0) is 37.0 Å². The van der Waals surface area contributed by atoms with Gasteiger partial charge in [-0.25, -0.2) is 0 Å². The Morgan fingerprint density at radius 3 is 2.37 bits per heavy atom. The van der Waals surface area contributed by atoms with Crippen LogP contribution in [0.15, 0.2) is 18.2 Å². The maximum Gasteiger partial charge on any atom is 0.123 e. The summed E-state index contributed by atoms with van der Waals surface area (Å²) >= 11 is 0. The lowest BCUT2D eigenvalue weighted by molar-refractivity contribution is 0.300. The molecule has 1 aliphatic rings. The Hall–Kier alpha value is -0.930. The van der Waals surface area contributed by atoms with Crippen molar-refractivity contribution in [2.75, 3.05) is 14.2 Å². The Morgan fingerprint density at radius 1 is 1.11 bits per heavy atom. The van der Waals surface area contributed by atoms with Crippen LogP contribution in [-0.4, -0.2) is 14.2 Å². The fourth-order valence-corrected chi connectivity index (χ4v) is 2.85. The number of halogens is 1. The Balaban J connectivity index is 0.00000180. The number of rotatable bonds is 4.